The summed E-state index contributed by atoms with van der Waals surface area (Å²) in [6.07, 6.45) is 1.60. The van der Waals surface area contributed by atoms with Crippen LogP contribution < -0.4 is 5.73 Å². The molecule has 1 aromatic carbocycles. The van der Waals surface area contributed by atoms with E-state index in [0.717, 1.165) is 11.8 Å². The molecular formula is C10H8F2N2OS. The number of nitrogen functional groups attached to an aromatic ring is 1. The number of anilines is 1. The van der Waals surface area contributed by atoms with Crippen molar-refractivity contribution in [3.63, 3.8) is 0 Å². The molecule has 0 radical (unpaired) electrons. The maximum Gasteiger partial charge on any atom is 0.169 e. The fourth-order valence-electron chi connectivity index (χ4n) is 1.32. The number of halogens is 2. The van der Waals surface area contributed by atoms with E-state index in [1.807, 2.05) is 0 Å². The first-order valence-corrected chi connectivity index (χ1v) is 5.60. The minimum absolute atomic E-state index is 0.0174. The van der Waals surface area contributed by atoms with Crippen molar-refractivity contribution in [1.29, 1.82) is 0 Å². The zero-order chi connectivity index (χ0) is 11.7. The average molecular weight is 242 g/mol. The normalized spacial score (nSPS) is 10.7. The molecule has 16 heavy (non-hydrogen) atoms. The van der Waals surface area contributed by atoms with Crippen molar-refractivity contribution in [1.82, 2.24) is 5.16 Å². The molecule has 0 saturated carbocycles. The van der Waals surface area contributed by atoms with Crippen molar-refractivity contribution in [2.24, 2.45) is 0 Å². The van der Waals surface area contributed by atoms with E-state index in [9.17, 15) is 8.78 Å². The van der Waals surface area contributed by atoms with Gasteiger partial charge in [-0.25, -0.2) is 8.78 Å². The molecule has 0 bridgehead atoms. The van der Waals surface area contributed by atoms with Gasteiger partial charge in [0.15, 0.2) is 11.6 Å². The highest BCUT2D eigenvalue weighted by Crippen LogP contribution is 2.29. The van der Waals surface area contributed by atoms with Gasteiger partial charge in [0.25, 0.3) is 0 Å². The summed E-state index contributed by atoms with van der Waals surface area (Å²) in [4.78, 5) is -0.0174. The summed E-state index contributed by atoms with van der Waals surface area (Å²) < 4.78 is 31.7. The molecule has 2 aromatic rings. The average Bonchev–Trinajstić information content (AvgIpc) is 2.64. The first-order valence-electron chi connectivity index (χ1n) is 4.37. The number of nitrogens with zero attached hydrogens (tertiary/aromatic N) is 1. The van der Waals surface area contributed by atoms with Gasteiger partial charge in [-0.2, -0.15) is 0 Å². The molecule has 84 valence electrons. The topological polar surface area (TPSA) is 52.0 Å². The molecule has 1 aromatic heterocycles. The van der Waals surface area contributed by atoms with Crippen molar-refractivity contribution in [2.75, 3.05) is 12.0 Å². The molecule has 0 atom stereocenters. The second-order valence-corrected chi connectivity index (χ2v) is 3.91. The molecule has 2 rings (SSSR count). The third kappa shape index (κ3) is 1.88. The second kappa shape index (κ2) is 4.13. The Hall–Kier alpha value is -1.56. The van der Waals surface area contributed by atoms with Crippen LogP contribution in [0.4, 0.5) is 14.6 Å². The molecule has 3 nitrogen and oxygen atoms in total. The SMILES string of the molecule is CSc1c(F)cc(-c2cc(N)no2)cc1F. The molecule has 0 aliphatic heterocycles. The number of hydrogen-bond donors (Lipinski definition) is 1. The molecule has 0 aliphatic carbocycles. The fraction of sp³-hybridized carbons (Fsp3) is 0.100. The number of aromatic nitrogens is 1. The van der Waals surface area contributed by atoms with Crippen LogP contribution in [0.25, 0.3) is 11.3 Å². The lowest BCUT2D eigenvalue weighted by Gasteiger charge is -2.03. The molecule has 0 aliphatic rings. The van der Waals surface area contributed by atoms with Gasteiger partial charge >= 0.3 is 0 Å². The quantitative estimate of drug-likeness (QED) is 0.822. The summed E-state index contributed by atoms with van der Waals surface area (Å²) in [5.74, 6) is -0.845. The number of hydrogen-bond acceptors (Lipinski definition) is 4. The molecule has 0 spiro atoms. The molecule has 2 N–H and O–H groups in total. The van der Waals surface area contributed by atoms with Crippen LogP contribution in [-0.2, 0) is 0 Å². The zero-order valence-corrected chi connectivity index (χ0v) is 9.15. The van der Waals surface area contributed by atoms with Crippen LogP contribution in [0.15, 0.2) is 27.6 Å². The second-order valence-electron chi connectivity index (χ2n) is 3.09. The van der Waals surface area contributed by atoms with E-state index in [1.54, 1.807) is 6.26 Å². The predicted molar refractivity (Wildman–Crippen MR) is 58.0 cm³/mol. The third-order valence-electron chi connectivity index (χ3n) is 2.02. The van der Waals surface area contributed by atoms with E-state index >= 15 is 0 Å². The Kier molecular flexibility index (Phi) is 2.82. The zero-order valence-electron chi connectivity index (χ0n) is 8.33. The Morgan fingerprint density at radius 3 is 2.31 bits per heavy atom. The molecule has 0 fully saturated rings. The van der Waals surface area contributed by atoms with Gasteiger partial charge in [-0.15, -0.1) is 11.8 Å². The van der Waals surface area contributed by atoms with Gasteiger partial charge in [0.2, 0.25) is 0 Å². The van der Waals surface area contributed by atoms with E-state index < -0.39 is 11.6 Å². The maximum absolute atomic E-state index is 13.4. The lowest BCUT2D eigenvalue weighted by molar-refractivity contribution is 0.434. The van der Waals surface area contributed by atoms with Gasteiger partial charge < -0.3 is 10.3 Å². The van der Waals surface area contributed by atoms with Crippen LogP contribution in [0, 0.1) is 11.6 Å². The van der Waals surface area contributed by atoms with Crippen molar-refractivity contribution < 1.29 is 13.3 Å². The van der Waals surface area contributed by atoms with Crippen LogP contribution in [0.3, 0.4) is 0 Å². The highest BCUT2D eigenvalue weighted by atomic mass is 32.2. The maximum atomic E-state index is 13.4. The van der Waals surface area contributed by atoms with Crippen molar-refractivity contribution >= 4 is 17.6 Å². The third-order valence-corrected chi connectivity index (χ3v) is 2.81. The molecule has 0 unspecified atom stereocenters. The molecule has 6 heteroatoms. The first-order chi connectivity index (χ1) is 7.61. The molecule has 0 amide bonds. The Balaban J connectivity index is 2.52. The highest BCUT2D eigenvalue weighted by molar-refractivity contribution is 7.98. The summed E-state index contributed by atoms with van der Waals surface area (Å²) in [5, 5.41) is 3.45. The highest BCUT2D eigenvalue weighted by Gasteiger charge is 2.13. The van der Waals surface area contributed by atoms with E-state index in [0.29, 0.717) is 0 Å². The Morgan fingerprint density at radius 2 is 1.88 bits per heavy atom. The Labute approximate surface area is 94.6 Å². The number of benzene rings is 1. The first kappa shape index (κ1) is 10.9. The van der Waals surface area contributed by atoms with Crippen LogP contribution >= 0.6 is 11.8 Å². The van der Waals surface area contributed by atoms with Crippen molar-refractivity contribution in [3.8, 4) is 11.3 Å². The Morgan fingerprint density at radius 1 is 1.25 bits per heavy atom. The largest absolute Gasteiger partial charge is 0.381 e. The van der Waals surface area contributed by atoms with Gasteiger partial charge in [0.05, 0.1) is 4.90 Å². The summed E-state index contributed by atoms with van der Waals surface area (Å²) in [6.45, 7) is 0. The molecule has 1 heterocycles. The van der Waals surface area contributed by atoms with Gasteiger partial charge in [0, 0.05) is 11.6 Å². The fourth-order valence-corrected chi connectivity index (χ4v) is 1.83. The monoisotopic (exact) mass is 242 g/mol. The van der Waals surface area contributed by atoms with Crippen LogP contribution in [-0.4, -0.2) is 11.4 Å². The standard InChI is InChI=1S/C10H8F2N2OS/c1-16-10-6(11)2-5(3-7(10)12)8-4-9(13)14-15-8/h2-4H,1H3,(H2,13,14). The smallest absolute Gasteiger partial charge is 0.169 e. The minimum atomic E-state index is -0.627. The summed E-state index contributed by atoms with van der Waals surface area (Å²) in [5.41, 5.74) is 5.63. The summed E-state index contributed by atoms with van der Waals surface area (Å²) >= 11 is 1.01. The van der Waals surface area contributed by atoms with Gasteiger partial charge in [0.1, 0.15) is 11.6 Å². The van der Waals surface area contributed by atoms with Crippen molar-refractivity contribution in [2.45, 2.75) is 4.90 Å². The number of rotatable bonds is 2. The summed E-state index contributed by atoms with van der Waals surface area (Å²) in [7, 11) is 0. The number of thioether (sulfide) groups is 1. The summed E-state index contributed by atoms with van der Waals surface area (Å²) in [6, 6.07) is 3.79. The number of nitrogens with two attached hydrogens (primary N) is 1. The van der Waals surface area contributed by atoms with Crippen molar-refractivity contribution in [3.05, 3.63) is 29.8 Å². The van der Waals surface area contributed by atoms with Crippen LogP contribution in [0.5, 0.6) is 0 Å². The van der Waals surface area contributed by atoms with E-state index in [1.165, 1.54) is 18.2 Å². The molecular weight excluding hydrogens is 234 g/mol. The van der Waals surface area contributed by atoms with Crippen LogP contribution in [0.2, 0.25) is 0 Å². The van der Waals surface area contributed by atoms with E-state index in [2.05, 4.69) is 5.16 Å². The van der Waals surface area contributed by atoms with Crippen LogP contribution in [0.1, 0.15) is 0 Å². The van der Waals surface area contributed by atoms with Gasteiger partial charge in [-0.05, 0) is 18.4 Å². The van der Waals surface area contributed by atoms with Gasteiger partial charge in [-0.3, -0.25) is 0 Å². The lowest BCUT2D eigenvalue weighted by Crippen LogP contribution is -1.89. The molecule has 0 saturated heterocycles. The van der Waals surface area contributed by atoms with Gasteiger partial charge in [-0.1, -0.05) is 5.16 Å². The lowest BCUT2D eigenvalue weighted by atomic mass is 10.1. The van der Waals surface area contributed by atoms with E-state index in [4.69, 9.17) is 10.3 Å². The van der Waals surface area contributed by atoms with E-state index in [-0.39, 0.29) is 22.0 Å². The predicted octanol–water partition coefficient (Wildman–Crippen LogP) is 2.92. The Bertz CT molecular complexity index is 504. The minimum Gasteiger partial charge on any atom is -0.381 e.